The molecule has 0 fully saturated rings. The van der Waals surface area contributed by atoms with Crippen molar-refractivity contribution in [1.82, 2.24) is 19.1 Å². The zero-order valence-corrected chi connectivity index (χ0v) is 29.6. The van der Waals surface area contributed by atoms with E-state index in [1.165, 1.54) is 0 Å². The molecule has 8 aromatic rings. The van der Waals surface area contributed by atoms with Crippen LogP contribution in [-0.2, 0) is 0 Å². The van der Waals surface area contributed by atoms with E-state index in [0.717, 1.165) is 89.7 Å². The molecule has 0 aliphatic rings. The average molecular weight is 671 g/mol. The quantitative estimate of drug-likeness (QED) is 0.143. The molecule has 0 unspecified atom stereocenters. The Hall–Kier alpha value is -6.70. The summed E-state index contributed by atoms with van der Waals surface area (Å²) >= 11 is 0. The lowest BCUT2D eigenvalue weighted by atomic mass is 10.0. The number of para-hydroxylation sites is 1. The standard InChI is InChI=1S/C48H38N4/c1-5-9-19-33(7-3)42-32-43(34-20-12-10-13-21-34)50-48(49-42)52-45-25-17-16-24-39(45)41-30-35(27-29-46(41)52)36-26-28-40-38(8-4)44(18-6-2)51(47(40)31-36)37-22-14-11-15-23-37/h6-15,17-23,25-32H,4-5H2,1-3H3/b18-6-,19-9-,33-7+. The normalized spacial score (nSPS) is 12.1. The smallest absolute Gasteiger partial charge is 0.235 e. The number of hydrogen-bond acceptors (Lipinski definition) is 2. The summed E-state index contributed by atoms with van der Waals surface area (Å²) in [5, 5.41) is 3.21. The zero-order valence-electron chi connectivity index (χ0n) is 29.6. The Morgan fingerprint density at radius 1 is 0.750 bits per heavy atom. The highest BCUT2D eigenvalue weighted by molar-refractivity contribution is 6.10. The highest BCUT2D eigenvalue weighted by Crippen LogP contribution is 2.38. The van der Waals surface area contributed by atoms with Crippen molar-refractivity contribution in [3.63, 3.8) is 0 Å². The van der Waals surface area contributed by atoms with Crippen LogP contribution in [0.15, 0.2) is 146 Å². The number of benzene rings is 4. The minimum atomic E-state index is 0.614. The molecule has 4 heteroatoms. The van der Waals surface area contributed by atoms with Gasteiger partial charge in [0, 0.05) is 27.6 Å². The van der Waals surface area contributed by atoms with Gasteiger partial charge in [-0.15, -0.1) is 0 Å². The molecule has 8 rings (SSSR count). The molecule has 52 heavy (non-hydrogen) atoms. The maximum absolute atomic E-state index is 5.20. The molecule has 0 spiro atoms. The summed E-state index contributed by atoms with van der Waals surface area (Å²) in [7, 11) is 0. The first kappa shape index (κ1) is 32.5. The number of hydrogen-bond donors (Lipinski definition) is 0. The van der Waals surface area contributed by atoms with Crippen molar-refractivity contribution < 1.29 is 0 Å². The Morgan fingerprint density at radius 2 is 1.52 bits per heavy atom. The lowest BCUT2D eigenvalue weighted by molar-refractivity contribution is 0.983. The molecule has 3 aromatic heterocycles. The number of nitrogens with zero attached hydrogens (tertiary/aromatic N) is 4. The second-order valence-electron chi connectivity index (χ2n) is 12.7. The van der Waals surface area contributed by atoms with Crippen LogP contribution in [0.1, 0.15) is 44.1 Å². The molecule has 0 aliphatic carbocycles. The van der Waals surface area contributed by atoms with E-state index in [-0.39, 0.29) is 0 Å². The van der Waals surface area contributed by atoms with E-state index in [2.05, 4.69) is 170 Å². The van der Waals surface area contributed by atoms with Gasteiger partial charge in [-0.3, -0.25) is 4.57 Å². The van der Waals surface area contributed by atoms with Crippen LogP contribution in [0, 0.1) is 12.1 Å². The summed E-state index contributed by atoms with van der Waals surface area (Å²) in [4.78, 5) is 10.4. The van der Waals surface area contributed by atoms with Crippen LogP contribution >= 0.6 is 0 Å². The van der Waals surface area contributed by atoms with Crippen LogP contribution in [0.2, 0.25) is 0 Å². The van der Waals surface area contributed by atoms with E-state index in [1.54, 1.807) is 0 Å². The largest absolute Gasteiger partial charge is 0.309 e. The van der Waals surface area contributed by atoms with Gasteiger partial charge >= 0.3 is 0 Å². The Morgan fingerprint density at radius 3 is 2.27 bits per heavy atom. The van der Waals surface area contributed by atoms with Gasteiger partial charge in [0.05, 0.1) is 39.0 Å². The highest BCUT2D eigenvalue weighted by atomic mass is 15.2. The molecule has 0 amide bonds. The predicted octanol–water partition coefficient (Wildman–Crippen LogP) is 12.5. The lowest BCUT2D eigenvalue weighted by Crippen LogP contribution is -2.05. The SMILES string of the molecule is C=Cc1c(/C=C\C)n(-c2ccccc2)c2cc(-c3ccc4c(c3)c3c#cccc3n4-c3nc(C(/C=C\CC)=C/C)cc(-c4ccccc4)n3)ccc12. The number of rotatable bonds is 9. The summed E-state index contributed by atoms with van der Waals surface area (Å²) < 4.78 is 4.49. The minimum Gasteiger partial charge on any atom is -0.309 e. The van der Waals surface area contributed by atoms with Gasteiger partial charge in [0.2, 0.25) is 5.95 Å². The van der Waals surface area contributed by atoms with E-state index in [4.69, 9.17) is 9.97 Å². The molecule has 0 atom stereocenters. The second kappa shape index (κ2) is 13.9. The highest BCUT2D eigenvalue weighted by Gasteiger charge is 2.19. The van der Waals surface area contributed by atoms with Crippen molar-refractivity contribution in [2.24, 2.45) is 0 Å². The summed E-state index contributed by atoms with van der Waals surface area (Å²) in [5.41, 5.74) is 12.5. The third-order valence-corrected chi connectivity index (χ3v) is 9.57. The molecule has 0 aliphatic heterocycles. The second-order valence-corrected chi connectivity index (χ2v) is 12.7. The molecule has 5 aromatic carbocycles. The Balaban J connectivity index is 1.34. The van der Waals surface area contributed by atoms with E-state index < -0.39 is 0 Å². The molecule has 0 saturated heterocycles. The molecule has 0 bridgehead atoms. The van der Waals surface area contributed by atoms with Crippen LogP contribution in [-0.4, -0.2) is 19.1 Å². The van der Waals surface area contributed by atoms with Gasteiger partial charge in [0.15, 0.2) is 0 Å². The monoisotopic (exact) mass is 670 g/mol. The van der Waals surface area contributed by atoms with E-state index in [0.29, 0.717) is 5.95 Å². The van der Waals surface area contributed by atoms with Crippen LogP contribution < -0.4 is 0 Å². The van der Waals surface area contributed by atoms with Crippen molar-refractivity contribution in [2.75, 3.05) is 0 Å². The average Bonchev–Trinajstić information content (AvgIpc) is 3.70. The van der Waals surface area contributed by atoms with Crippen molar-refractivity contribution in [3.8, 4) is 34.0 Å². The van der Waals surface area contributed by atoms with E-state index in [1.807, 2.05) is 30.3 Å². The topological polar surface area (TPSA) is 35.6 Å². The third-order valence-electron chi connectivity index (χ3n) is 9.57. The summed E-state index contributed by atoms with van der Waals surface area (Å²) in [5.74, 6) is 0.614. The Bertz CT molecular complexity index is 2690. The van der Waals surface area contributed by atoms with Crippen LogP contribution in [0.3, 0.4) is 0 Å². The summed E-state index contributed by atoms with van der Waals surface area (Å²) in [6.07, 6.45) is 13.6. The van der Waals surface area contributed by atoms with Crippen molar-refractivity contribution in [2.45, 2.75) is 27.2 Å². The van der Waals surface area contributed by atoms with Crippen molar-refractivity contribution in [3.05, 3.63) is 175 Å². The van der Waals surface area contributed by atoms with Crippen molar-refractivity contribution in [1.29, 1.82) is 0 Å². The first-order valence-corrected chi connectivity index (χ1v) is 17.8. The number of aromatic nitrogens is 4. The van der Waals surface area contributed by atoms with Crippen LogP contribution in [0.4, 0.5) is 0 Å². The number of fused-ring (bicyclic) bond motifs is 4. The molecule has 3 heterocycles. The van der Waals surface area contributed by atoms with E-state index >= 15 is 0 Å². The molecule has 0 saturated carbocycles. The van der Waals surface area contributed by atoms with Crippen LogP contribution in [0.5, 0.6) is 0 Å². The van der Waals surface area contributed by atoms with Gasteiger partial charge in [0.1, 0.15) is 0 Å². The summed E-state index contributed by atoms with van der Waals surface area (Å²) in [6.45, 7) is 10.4. The number of allylic oxidation sites excluding steroid dienone is 5. The first-order valence-electron chi connectivity index (χ1n) is 17.8. The first-order chi connectivity index (χ1) is 25.6. The predicted molar refractivity (Wildman–Crippen MR) is 220 cm³/mol. The Kier molecular flexibility index (Phi) is 8.69. The van der Waals surface area contributed by atoms with Crippen molar-refractivity contribution >= 4 is 50.4 Å². The Labute approximate surface area is 305 Å². The lowest BCUT2D eigenvalue weighted by Gasteiger charge is -2.12. The molecular formula is C48H38N4. The van der Waals surface area contributed by atoms with E-state index in [9.17, 15) is 0 Å². The van der Waals surface area contributed by atoms with Gasteiger partial charge < -0.3 is 4.57 Å². The molecule has 0 N–H and O–H groups in total. The molecule has 250 valence electrons. The maximum atomic E-state index is 5.20. The summed E-state index contributed by atoms with van der Waals surface area (Å²) in [6, 6.07) is 46.9. The van der Waals surface area contributed by atoms with Gasteiger partial charge in [-0.2, -0.15) is 0 Å². The van der Waals surface area contributed by atoms with Crippen LogP contribution in [0.25, 0.3) is 84.5 Å². The molecule has 0 radical (unpaired) electrons. The fraction of sp³-hybridized carbons (Fsp3) is 0.0833. The van der Waals surface area contributed by atoms with Gasteiger partial charge in [-0.05, 0) is 91.6 Å². The maximum Gasteiger partial charge on any atom is 0.235 e. The molecular weight excluding hydrogens is 633 g/mol. The fourth-order valence-corrected chi connectivity index (χ4v) is 7.15. The van der Waals surface area contributed by atoms with Gasteiger partial charge in [-0.1, -0.05) is 123 Å². The third kappa shape index (κ3) is 5.63. The fourth-order valence-electron chi connectivity index (χ4n) is 7.15. The minimum absolute atomic E-state index is 0.614. The van der Waals surface area contributed by atoms with Gasteiger partial charge in [-0.25, -0.2) is 9.97 Å². The van der Waals surface area contributed by atoms with Gasteiger partial charge in [0.25, 0.3) is 0 Å². The zero-order chi connectivity index (χ0) is 35.6. The molecule has 4 nitrogen and oxygen atoms in total.